The first-order chi connectivity index (χ1) is 17.9. The fourth-order valence-corrected chi connectivity index (χ4v) is 5.55. The summed E-state index contributed by atoms with van der Waals surface area (Å²) in [6, 6.07) is 11.0. The molecule has 0 aromatic heterocycles. The summed E-state index contributed by atoms with van der Waals surface area (Å²) >= 11 is 12.8. The number of carbonyl (C=O) groups is 2. The maximum absolute atomic E-state index is 13.8. The van der Waals surface area contributed by atoms with Crippen molar-refractivity contribution in [2.45, 2.75) is 38.5 Å². The van der Waals surface area contributed by atoms with Gasteiger partial charge in [-0.15, -0.1) is 0 Å². The van der Waals surface area contributed by atoms with Crippen molar-refractivity contribution in [1.29, 1.82) is 0 Å². The highest BCUT2D eigenvalue weighted by molar-refractivity contribution is 6.32. The number of hydrogen-bond acceptors (Lipinski definition) is 7. The van der Waals surface area contributed by atoms with E-state index >= 15 is 0 Å². The third-order valence-electron chi connectivity index (χ3n) is 6.86. The van der Waals surface area contributed by atoms with Crippen molar-refractivity contribution in [3.8, 4) is 11.5 Å². The van der Waals surface area contributed by atoms with Gasteiger partial charge in [-0.3, -0.25) is 4.79 Å². The van der Waals surface area contributed by atoms with Crippen molar-refractivity contribution in [3.63, 3.8) is 0 Å². The van der Waals surface area contributed by atoms with Crippen LogP contribution in [0.1, 0.15) is 49.7 Å². The van der Waals surface area contributed by atoms with Gasteiger partial charge < -0.3 is 24.3 Å². The zero-order valence-electron chi connectivity index (χ0n) is 20.6. The minimum atomic E-state index is -0.712. The number of ether oxygens (including phenoxy) is 4. The zero-order chi connectivity index (χ0) is 26.1. The Morgan fingerprint density at radius 3 is 2.54 bits per heavy atom. The maximum atomic E-state index is 13.8. The van der Waals surface area contributed by atoms with E-state index in [1.165, 1.54) is 0 Å². The predicted octanol–water partition coefficient (Wildman–Crippen LogP) is 5.66. The van der Waals surface area contributed by atoms with Gasteiger partial charge in [-0.25, -0.2) is 4.79 Å². The van der Waals surface area contributed by atoms with E-state index < -0.39 is 11.9 Å². The van der Waals surface area contributed by atoms with E-state index in [-0.39, 0.29) is 31.7 Å². The topological polar surface area (TPSA) is 83.1 Å². The Morgan fingerprint density at radius 1 is 1.08 bits per heavy atom. The van der Waals surface area contributed by atoms with Crippen LogP contribution in [0.15, 0.2) is 58.9 Å². The van der Waals surface area contributed by atoms with Crippen LogP contribution >= 0.6 is 23.2 Å². The quantitative estimate of drug-likeness (QED) is 0.356. The molecule has 194 valence electrons. The predicted molar refractivity (Wildman–Crippen MR) is 139 cm³/mol. The number of esters is 1. The molecular weight excluding hydrogens is 517 g/mol. The summed E-state index contributed by atoms with van der Waals surface area (Å²) in [5, 5.41) is 4.37. The van der Waals surface area contributed by atoms with Crippen LogP contribution < -0.4 is 14.8 Å². The van der Waals surface area contributed by atoms with Crippen molar-refractivity contribution >= 4 is 35.0 Å². The monoisotopic (exact) mass is 543 g/mol. The van der Waals surface area contributed by atoms with Crippen molar-refractivity contribution in [2.24, 2.45) is 0 Å². The second-order valence-corrected chi connectivity index (χ2v) is 9.97. The van der Waals surface area contributed by atoms with Crippen LogP contribution in [0.4, 0.5) is 0 Å². The molecule has 0 bridgehead atoms. The smallest absolute Gasteiger partial charge is 0.336 e. The molecule has 3 aliphatic rings. The molecule has 5 rings (SSSR count). The number of carbonyl (C=O) groups excluding carboxylic acids is 2. The van der Waals surface area contributed by atoms with Gasteiger partial charge in [0.15, 0.2) is 17.3 Å². The molecule has 9 heteroatoms. The summed E-state index contributed by atoms with van der Waals surface area (Å²) in [6.07, 6.45) is 0.901. The molecule has 2 atom stereocenters. The Balaban J connectivity index is 1.56. The van der Waals surface area contributed by atoms with E-state index in [2.05, 4.69) is 5.32 Å². The molecule has 0 unspecified atom stereocenters. The van der Waals surface area contributed by atoms with Gasteiger partial charge in [0.1, 0.15) is 6.61 Å². The fourth-order valence-electron chi connectivity index (χ4n) is 5.16. The second-order valence-electron chi connectivity index (χ2n) is 9.13. The first kappa shape index (κ1) is 25.6. The van der Waals surface area contributed by atoms with E-state index in [1.807, 2.05) is 38.1 Å². The number of halogens is 2. The normalized spacial score (nSPS) is 20.6. The number of benzene rings is 2. The molecule has 2 aliphatic heterocycles. The van der Waals surface area contributed by atoms with Crippen molar-refractivity contribution in [1.82, 2.24) is 5.32 Å². The number of rotatable bonds is 7. The summed E-state index contributed by atoms with van der Waals surface area (Å²) in [7, 11) is 0. The van der Waals surface area contributed by atoms with Gasteiger partial charge in [0, 0.05) is 52.0 Å². The van der Waals surface area contributed by atoms with Gasteiger partial charge in [-0.1, -0.05) is 35.3 Å². The van der Waals surface area contributed by atoms with Crippen molar-refractivity contribution < 1.29 is 28.5 Å². The van der Waals surface area contributed by atoms with Gasteiger partial charge >= 0.3 is 5.97 Å². The molecule has 0 saturated carbocycles. The highest BCUT2D eigenvalue weighted by atomic mass is 35.5. The number of dihydropyridines is 1. The summed E-state index contributed by atoms with van der Waals surface area (Å²) < 4.78 is 21.9. The highest BCUT2D eigenvalue weighted by Crippen LogP contribution is 2.49. The molecule has 2 aromatic rings. The lowest BCUT2D eigenvalue weighted by molar-refractivity contribution is -0.140. The second kappa shape index (κ2) is 10.8. The first-order valence-electron chi connectivity index (χ1n) is 12.2. The summed E-state index contributed by atoms with van der Waals surface area (Å²) in [5.74, 6) is -0.268. The summed E-state index contributed by atoms with van der Waals surface area (Å²) in [6.45, 7) is 4.68. The Labute approximate surface area is 225 Å². The van der Waals surface area contributed by atoms with Crippen LogP contribution in [0.5, 0.6) is 11.5 Å². The molecule has 2 aromatic carbocycles. The highest BCUT2D eigenvalue weighted by Gasteiger charge is 2.42. The first-order valence-corrected chi connectivity index (χ1v) is 13.0. The lowest BCUT2D eigenvalue weighted by Gasteiger charge is -2.37. The minimum absolute atomic E-state index is 0.0172. The number of Topliss-reactive ketones (excluding diaryl/α,β-unsaturated/α-hetero) is 1. The number of allylic oxidation sites excluding steroid dienone is 3. The lowest BCUT2D eigenvalue weighted by atomic mass is 9.71. The Morgan fingerprint density at radius 2 is 1.81 bits per heavy atom. The van der Waals surface area contributed by atoms with E-state index in [0.717, 1.165) is 11.3 Å². The van der Waals surface area contributed by atoms with Crippen LogP contribution in [0.2, 0.25) is 10.0 Å². The largest absolute Gasteiger partial charge is 0.460 e. The lowest BCUT2D eigenvalue weighted by Crippen LogP contribution is -2.36. The van der Waals surface area contributed by atoms with Gasteiger partial charge in [0.25, 0.3) is 0 Å². The van der Waals surface area contributed by atoms with E-state index in [9.17, 15) is 9.59 Å². The van der Waals surface area contributed by atoms with Crippen molar-refractivity contribution in [2.75, 3.05) is 26.6 Å². The minimum Gasteiger partial charge on any atom is -0.460 e. The summed E-state index contributed by atoms with van der Waals surface area (Å²) in [5.41, 5.74) is 3.88. The third-order valence-corrected chi connectivity index (χ3v) is 7.44. The Bertz CT molecular complexity index is 1300. The number of nitrogens with one attached hydrogen (secondary N) is 1. The molecule has 0 spiro atoms. The van der Waals surface area contributed by atoms with E-state index in [4.69, 9.17) is 42.1 Å². The van der Waals surface area contributed by atoms with Gasteiger partial charge in [-0.05, 0) is 55.5 Å². The van der Waals surface area contributed by atoms with Crippen LogP contribution in [0.25, 0.3) is 0 Å². The van der Waals surface area contributed by atoms with E-state index in [1.54, 1.807) is 12.1 Å². The number of ketones is 1. The van der Waals surface area contributed by atoms with Gasteiger partial charge in [0.05, 0.1) is 12.2 Å². The molecule has 0 saturated heterocycles. The zero-order valence-corrected chi connectivity index (χ0v) is 22.1. The number of fused-ring (bicyclic) bond motifs is 1. The Kier molecular flexibility index (Phi) is 7.47. The number of hydrogen-bond donors (Lipinski definition) is 1. The van der Waals surface area contributed by atoms with Crippen LogP contribution in [0, 0.1) is 0 Å². The molecule has 0 radical (unpaired) electrons. The molecule has 0 amide bonds. The molecule has 7 nitrogen and oxygen atoms in total. The van der Waals surface area contributed by atoms with Gasteiger partial charge in [0.2, 0.25) is 6.79 Å². The molecule has 1 N–H and O–H groups in total. The SMILES string of the molecule is CCOCCOC(=O)C1=C(C)NC2=C(C(=O)C[C@H](c3ccc(Cl)cc3)C2)[C@H]1c1cc2c(cc1Cl)OCO2. The van der Waals surface area contributed by atoms with E-state index in [0.29, 0.717) is 63.4 Å². The van der Waals surface area contributed by atoms with Gasteiger partial charge in [-0.2, -0.15) is 0 Å². The maximum Gasteiger partial charge on any atom is 0.336 e. The molecule has 2 heterocycles. The van der Waals surface area contributed by atoms with Crippen LogP contribution in [0.3, 0.4) is 0 Å². The molecule has 37 heavy (non-hydrogen) atoms. The summed E-state index contributed by atoms with van der Waals surface area (Å²) in [4.78, 5) is 27.1. The van der Waals surface area contributed by atoms with Crippen LogP contribution in [-0.2, 0) is 19.1 Å². The Hall–Kier alpha value is -3.00. The molecule has 1 aliphatic carbocycles. The molecular formula is C28H27Cl2NO6. The van der Waals surface area contributed by atoms with Crippen LogP contribution in [-0.4, -0.2) is 38.4 Å². The fraction of sp³-hybridized carbons (Fsp3) is 0.357. The van der Waals surface area contributed by atoms with Crippen molar-refractivity contribution in [3.05, 3.63) is 80.1 Å². The standard InChI is InChI=1S/C28H27Cl2NO6/c1-3-34-8-9-35-28(33)25-15(2)31-21-10-17(16-4-6-18(29)7-5-16)11-22(32)27(21)26(25)19-12-23-24(13-20(19)30)37-14-36-23/h4-7,12-13,17,26,31H,3,8-11,14H2,1-2H3/t17-,26+/m1/s1. The third kappa shape index (κ3) is 5.08. The molecule has 0 fully saturated rings. The average molecular weight is 544 g/mol. The average Bonchev–Trinajstić information content (AvgIpc) is 3.32.